The van der Waals surface area contributed by atoms with Crippen molar-refractivity contribution in [1.29, 1.82) is 0 Å². The van der Waals surface area contributed by atoms with Crippen LogP contribution in [0.2, 0.25) is 0 Å². The first kappa shape index (κ1) is 12.0. The lowest BCUT2D eigenvalue weighted by Crippen LogP contribution is -2.43. The first-order valence-electron chi connectivity index (χ1n) is 5.89. The van der Waals surface area contributed by atoms with Crippen LogP contribution in [-0.2, 0) is 9.47 Å². The molecule has 1 aliphatic rings. The lowest BCUT2D eigenvalue weighted by molar-refractivity contribution is -0.267. The summed E-state index contributed by atoms with van der Waals surface area (Å²) in [5.74, 6) is 0. The van der Waals surface area contributed by atoms with Gasteiger partial charge in [-0.1, -0.05) is 26.2 Å². The van der Waals surface area contributed by atoms with Crippen LogP contribution < -0.4 is 0 Å². The number of rotatable bonds is 4. The van der Waals surface area contributed by atoms with Crippen molar-refractivity contribution >= 4 is 0 Å². The van der Waals surface area contributed by atoms with E-state index in [-0.39, 0.29) is 11.9 Å². The second kappa shape index (κ2) is 5.13. The minimum absolute atomic E-state index is 0.0367. The monoisotopic (exact) mass is 200 g/mol. The molecule has 0 aromatic rings. The minimum Gasteiger partial charge on any atom is -0.350 e. The van der Waals surface area contributed by atoms with E-state index in [4.69, 9.17) is 9.47 Å². The Morgan fingerprint density at radius 1 is 1.29 bits per heavy atom. The average Bonchev–Trinajstić information content (AvgIpc) is 2.01. The zero-order valence-electron chi connectivity index (χ0n) is 10.0. The highest BCUT2D eigenvalue weighted by atomic mass is 16.7. The molecule has 84 valence electrons. The Hall–Kier alpha value is -0.0800. The van der Waals surface area contributed by atoms with Crippen LogP contribution in [0.25, 0.3) is 0 Å². The third-order valence-corrected chi connectivity index (χ3v) is 2.90. The Morgan fingerprint density at radius 2 is 2.00 bits per heavy atom. The molecule has 0 saturated carbocycles. The second-order valence-electron chi connectivity index (χ2n) is 4.74. The van der Waals surface area contributed by atoms with E-state index in [1.165, 1.54) is 25.7 Å². The van der Waals surface area contributed by atoms with E-state index < -0.39 is 0 Å². The van der Waals surface area contributed by atoms with Crippen molar-refractivity contribution in [1.82, 2.24) is 0 Å². The third kappa shape index (κ3) is 3.58. The van der Waals surface area contributed by atoms with Crippen LogP contribution in [0.4, 0.5) is 0 Å². The summed E-state index contributed by atoms with van der Waals surface area (Å²) in [5, 5.41) is 0. The van der Waals surface area contributed by atoms with E-state index in [2.05, 4.69) is 20.8 Å². The molecule has 0 radical (unpaired) electrons. The molecule has 2 heteroatoms. The number of hydrogen-bond donors (Lipinski definition) is 0. The Morgan fingerprint density at radius 3 is 2.57 bits per heavy atom. The lowest BCUT2D eigenvalue weighted by atomic mass is 9.91. The minimum atomic E-state index is -0.0367. The van der Waals surface area contributed by atoms with Crippen LogP contribution in [0.1, 0.15) is 59.8 Å². The van der Waals surface area contributed by atoms with Gasteiger partial charge in [0.2, 0.25) is 0 Å². The molecule has 0 spiro atoms. The summed E-state index contributed by atoms with van der Waals surface area (Å²) < 4.78 is 11.4. The molecule has 0 amide bonds. The molecule has 0 bridgehead atoms. The van der Waals surface area contributed by atoms with Gasteiger partial charge >= 0.3 is 0 Å². The zero-order chi connectivity index (χ0) is 10.6. The fourth-order valence-corrected chi connectivity index (χ4v) is 2.37. The zero-order valence-corrected chi connectivity index (χ0v) is 10.0. The van der Waals surface area contributed by atoms with E-state index >= 15 is 0 Å². The van der Waals surface area contributed by atoms with Crippen LogP contribution in [0, 0.1) is 0 Å². The molecular formula is C12H24O2. The maximum atomic E-state index is 5.87. The van der Waals surface area contributed by atoms with E-state index in [1.54, 1.807) is 0 Å². The molecule has 14 heavy (non-hydrogen) atoms. The van der Waals surface area contributed by atoms with E-state index in [0.717, 1.165) is 6.42 Å². The Bertz CT molecular complexity index is 158. The largest absolute Gasteiger partial charge is 0.350 e. The first-order valence-corrected chi connectivity index (χ1v) is 5.89. The van der Waals surface area contributed by atoms with Gasteiger partial charge in [-0.3, -0.25) is 0 Å². The van der Waals surface area contributed by atoms with Gasteiger partial charge in [-0.05, 0) is 27.2 Å². The molecule has 1 heterocycles. The molecule has 0 aliphatic carbocycles. The van der Waals surface area contributed by atoms with Crippen LogP contribution in [0.3, 0.4) is 0 Å². The number of unbranched alkanes of at least 4 members (excludes halogenated alkanes) is 2. The average molecular weight is 200 g/mol. The quantitative estimate of drug-likeness (QED) is 0.647. The van der Waals surface area contributed by atoms with Crippen LogP contribution in [-0.4, -0.2) is 18.0 Å². The summed E-state index contributed by atoms with van der Waals surface area (Å²) in [4.78, 5) is 0. The van der Waals surface area contributed by atoms with E-state index in [0.29, 0.717) is 6.10 Å². The predicted molar refractivity (Wildman–Crippen MR) is 58.3 cm³/mol. The maximum Gasteiger partial charge on any atom is 0.155 e. The van der Waals surface area contributed by atoms with Gasteiger partial charge in [0.15, 0.2) is 6.29 Å². The van der Waals surface area contributed by atoms with Crippen molar-refractivity contribution in [2.24, 2.45) is 0 Å². The second-order valence-corrected chi connectivity index (χ2v) is 4.74. The topological polar surface area (TPSA) is 18.5 Å². The van der Waals surface area contributed by atoms with Crippen molar-refractivity contribution in [3.05, 3.63) is 0 Å². The highest BCUT2D eigenvalue weighted by Crippen LogP contribution is 2.32. The van der Waals surface area contributed by atoms with E-state index in [9.17, 15) is 0 Å². The molecule has 2 nitrogen and oxygen atoms in total. The van der Waals surface area contributed by atoms with Gasteiger partial charge in [0, 0.05) is 6.42 Å². The fourth-order valence-electron chi connectivity index (χ4n) is 2.37. The van der Waals surface area contributed by atoms with Crippen LogP contribution >= 0.6 is 0 Å². The Kier molecular flexibility index (Phi) is 4.39. The van der Waals surface area contributed by atoms with Crippen LogP contribution in [0.15, 0.2) is 0 Å². The van der Waals surface area contributed by atoms with Gasteiger partial charge in [0.25, 0.3) is 0 Å². The summed E-state index contributed by atoms with van der Waals surface area (Å²) in [7, 11) is 0. The summed E-state index contributed by atoms with van der Waals surface area (Å²) in [6.07, 6.45) is 6.35. The van der Waals surface area contributed by atoms with Crippen molar-refractivity contribution in [2.75, 3.05) is 0 Å². The number of hydrogen-bond acceptors (Lipinski definition) is 2. The Labute approximate surface area is 88.0 Å². The fraction of sp³-hybridized carbons (Fsp3) is 1.00. The summed E-state index contributed by atoms with van der Waals surface area (Å²) in [5.41, 5.74) is 0.0479. The van der Waals surface area contributed by atoms with Gasteiger partial charge < -0.3 is 9.47 Å². The molecule has 0 aromatic carbocycles. The van der Waals surface area contributed by atoms with Gasteiger partial charge in [-0.2, -0.15) is 0 Å². The van der Waals surface area contributed by atoms with Gasteiger partial charge in [-0.25, -0.2) is 0 Å². The molecule has 1 fully saturated rings. The first-order chi connectivity index (χ1) is 6.56. The van der Waals surface area contributed by atoms with Gasteiger partial charge in [0.1, 0.15) is 0 Å². The van der Waals surface area contributed by atoms with Crippen LogP contribution in [0.5, 0.6) is 0 Å². The summed E-state index contributed by atoms with van der Waals surface area (Å²) in [6.45, 7) is 8.58. The molecule has 0 N–H and O–H groups in total. The lowest BCUT2D eigenvalue weighted by Gasteiger charge is -2.40. The molecule has 1 saturated heterocycles. The standard InChI is InChI=1S/C12H24O2/c1-5-6-7-8-12(4)9-10(2)13-11(3)14-12/h10-11H,5-9H2,1-4H3. The molecule has 3 unspecified atom stereocenters. The SMILES string of the molecule is CCCCCC1(C)CC(C)OC(C)O1. The van der Waals surface area contributed by atoms with Crippen molar-refractivity contribution in [3.8, 4) is 0 Å². The molecule has 1 aliphatic heterocycles. The summed E-state index contributed by atoms with van der Waals surface area (Å²) in [6, 6.07) is 0. The highest BCUT2D eigenvalue weighted by Gasteiger charge is 2.34. The van der Waals surface area contributed by atoms with Crippen molar-refractivity contribution in [3.63, 3.8) is 0 Å². The Balaban J connectivity index is 2.38. The predicted octanol–water partition coefficient (Wildman–Crippen LogP) is 3.50. The van der Waals surface area contributed by atoms with Crippen molar-refractivity contribution < 1.29 is 9.47 Å². The number of ether oxygens (including phenoxy) is 2. The molecule has 0 aromatic heterocycles. The van der Waals surface area contributed by atoms with Gasteiger partial charge in [-0.15, -0.1) is 0 Å². The highest BCUT2D eigenvalue weighted by molar-refractivity contribution is 4.81. The molecule has 1 rings (SSSR count). The van der Waals surface area contributed by atoms with Crippen molar-refractivity contribution in [2.45, 2.75) is 77.8 Å². The normalized spacial score (nSPS) is 38.6. The smallest absolute Gasteiger partial charge is 0.155 e. The van der Waals surface area contributed by atoms with E-state index in [1.807, 2.05) is 6.92 Å². The summed E-state index contributed by atoms with van der Waals surface area (Å²) >= 11 is 0. The third-order valence-electron chi connectivity index (χ3n) is 2.90. The maximum absolute atomic E-state index is 5.87. The van der Waals surface area contributed by atoms with Gasteiger partial charge in [0.05, 0.1) is 11.7 Å². The molecule has 3 atom stereocenters. The molecular weight excluding hydrogens is 176 g/mol.